The van der Waals surface area contributed by atoms with Gasteiger partial charge in [-0.2, -0.15) is 0 Å². The number of hydrogen-bond acceptors (Lipinski definition) is 3. The molecule has 1 heterocycles. The van der Waals surface area contributed by atoms with Crippen molar-refractivity contribution in [1.29, 1.82) is 0 Å². The first-order valence-electron chi connectivity index (χ1n) is 10.1. The summed E-state index contributed by atoms with van der Waals surface area (Å²) < 4.78 is 13.7. The van der Waals surface area contributed by atoms with Gasteiger partial charge in [0, 0.05) is 17.9 Å². The highest BCUT2D eigenvalue weighted by atomic mass is 32.2. The first kappa shape index (κ1) is 20.2. The number of rotatable bonds is 6. The van der Waals surface area contributed by atoms with Crippen LogP contribution in [0.1, 0.15) is 62.2 Å². The molecular weight excluding hydrogens is 363 g/mol. The fourth-order valence-corrected chi connectivity index (χ4v) is 5.69. The molecule has 2 atom stereocenters. The number of hydrogen-bond donors (Lipinski definition) is 1. The van der Waals surface area contributed by atoms with Crippen LogP contribution < -0.4 is 5.32 Å². The molecule has 3 rings (SSSR count). The Morgan fingerprint density at radius 3 is 2.74 bits per heavy atom. The van der Waals surface area contributed by atoms with E-state index in [1.807, 2.05) is 0 Å². The smallest absolute Gasteiger partial charge is 0.255 e. The molecule has 0 aromatic heterocycles. The molecule has 0 radical (unpaired) electrons. The molecule has 4 nitrogen and oxygen atoms in total. The second kappa shape index (κ2) is 9.58. The van der Waals surface area contributed by atoms with Crippen LogP contribution in [0.4, 0.5) is 4.39 Å². The van der Waals surface area contributed by atoms with Crippen LogP contribution in [0.2, 0.25) is 0 Å². The summed E-state index contributed by atoms with van der Waals surface area (Å²) in [5.41, 5.74) is 0.324. The lowest BCUT2D eigenvalue weighted by Gasteiger charge is -2.35. The van der Waals surface area contributed by atoms with Crippen LogP contribution in [0.5, 0.6) is 0 Å². The molecule has 2 amide bonds. The Morgan fingerprint density at radius 2 is 2.04 bits per heavy atom. The third-order valence-corrected chi connectivity index (χ3v) is 6.99. The van der Waals surface area contributed by atoms with Crippen LogP contribution in [0.15, 0.2) is 24.3 Å². The molecule has 1 saturated carbocycles. The van der Waals surface area contributed by atoms with Gasteiger partial charge in [0.1, 0.15) is 11.9 Å². The van der Waals surface area contributed by atoms with Crippen molar-refractivity contribution in [2.75, 3.05) is 12.3 Å². The van der Waals surface area contributed by atoms with Crippen LogP contribution in [0.3, 0.4) is 0 Å². The van der Waals surface area contributed by atoms with Crippen molar-refractivity contribution in [3.8, 4) is 0 Å². The lowest BCUT2D eigenvalue weighted by Crippen LogP contribution is -2.51. The lowest BCUT2D eigenvalue weighted by molar-refractivity contribution is -0.125. The van der Waals surface area contributed by atoms with Gasteiger partial charge in [-0.15, -0.1) is 11.8 Å². The topological polar surface area (TPSA) is 49.4 Å². The Bertz CT molecular complexity index is 663. The number of halogens is 1. The van der Waals surface area contributed by atoms with E-state index in [0.29, 0.717) is 23.8 Å². The molecule has 1 N–H and O–H groups in total. The molecule has 2 aliphatic rings. The minimum Gasteiger partial charge on any atom is -0.354 e. The molecule has 1 saturated heterocycles. The van der Waals surface area contributed by atoms with Crippen LogP contribution >= 0.6 is 11.8 Å². The number of nitrogens with zero attached hydrogens (tertiary/aromatic N) is 1. The highest BCUT2D eigenvalue weighted by Crippen LogP contribution is 2.41. The molecule has 148 valence electrons. The first-order valence-corrected chi connectivity index (χ1v) is 11.1. The van der Waals surface area contributed by atoms with Crippen LogP contribution in [0.25, 0.3) is 0 Å². The Hall–Kier alpha value is -1.56. The van der Waals surface area contributed by atoms with Crippen LogP contribution in [-0.4, -0.2) is 40.4 Å². The molecule has 27 heavy (non-hydrogen) atoms. The van der Waals surface area contributed by atoms with Crippen molar-refractivity contribution < 1.29 is 14.0 Å². The first-order chi connectivity index (χ1) is 13.1. The van der Waals surface area contributed by atoms with Crippen molar-refractivity contribution in [1.82, 2.24) is 10.2 Å². The van der Waals surface area contributed by atoms with Crippen molar-refractivity contribution in [2.24, 2.45) is 5.92 Å². The molecular formula is C21H29FN2O2S. The molecule has 6 heteroatoms. The summed E-state index contributed by atoms with van der Waals surface area (Å²) in [5, 5.41) is 2.98. The van der Waals surface area contributed by atoms with Crippen molar-refractivity contribution in [3.05, 3.63) is 35.6 Å². The van der Waals surface area contributed by atoms with Gasteiger partial charge in [-0.1, -0.05) is 38.7 Å². The van der Waals surface area contributed by atoms with Gasteiger partial charge in [-0.25, -0.2) is 4.39 Å². The van der Waals surface area contributed by atoms with E-state index < -0.39 is 11.9 Å². The van der Waals surface area contributed by atoms with Crippen molar-refractivity contribution in [2.45, 2.75) is 63.3 Å². The minimum atomic E-state index is -0.477. The van der Waals surface area contributed by atoms with Gasteiger partial charge in [0.25, 0.3) is 5.91 Å². The summed E-state index contributed by atoms with van der Waals surface area (Å²) >= 11 is 1.71. The summed E-state index contributed by atoms with van der Waals surface area (Å²) in [6, 6.07) is 5.32. The maximum atomic E-state index is 13.7. The van der Waals surface area contributed by atoms with Crippen molar-refractivity contribution >= 4 is 23.6 Å². The maximum Gasteiger partial charge on any atom is 0.255 e. The van der Waals surface area contributed by atoms with E-state index in [0.717, 1.165) is 25.7 Å². The Labute approximate surface area is 165 Å². The zero-order chi connectivity index (χ0) is 19.2. The number of amides is 2. The van der Waals surface area contributed by atoms with Gasteiger partial charge >= 0.3 is 0 Å². The largest absolute Gasteiger partial charge is 0.354 e. The fourth-order valence-electron chi connectivity index (χ4n) is 4.05. The van der Waals surface area contributed by atoms with Gasteiger partial charge in [0.05, 0.1) is 5.37 Å². The molecule has 1 aromatic carbocycles. The molecule has 0 bridgehead atoms. The average molecular weight is 393 g/mol. The van der Waals surface area contributed by atoms with E-state index in [-0.39, 0.29) is 17.2 Å². The number of benzene rings is 1. The molecule has 0 unspecified atom stereocenters. The van der Waals surface area contributed by atoms with Gasteiger partial charge in [0.2, 0.25) is 5.91 Å². The van der Waals surface area contributed by atoms with Crippen LogP contribution in [-0.2, 0) is 4.79 Å². The quantitative estimate of drug-likeness (QED) is 0.738. The lowest BCUT2D eigenvalue weighted by atomic mass is 9.88. The van der Waals surface area contributed by atoms with Crippen molar-refractivity contribution in [3.63, 3.8) is 0 Å². The fraction of sp³-hybridized carbons (Fsp3) is 0.619. The van der Waals surface area contributed by atoms with Gasteiger partial charge in [-0.3, -0.25) is 9.59 Å². The Kier molecular flexibility index (Phi) is 7.16. The SMILES string of the molecule is CCCCNC(=O)[C@@H]1CS[C@H](C2CCCCC2)N1C(=O)c1cccc(F)c1. The van der Waals surface area contributed by atoms with E-state index in [4.69, 9.17) is 0 Å². The minimum absolute atomic E-state index is 0.00277. The summed E-state index contributed by atoms with van der Waals surface area (Å²) in [6.45, 7) is 2.71. The van der Waals surface area contributed by atoms with E-state index in [1.165, 1.54) is 31.4 Å². The zero-order valence-corrected chi connectivity index (χ0v) is 16.8. The summed E-state index contributed by atoms with van der Waals surface area (Å²) in [7, 11) is 0. The maximum absolute atomic E-state index is 13.7. The van der Waals surface area contributed by atoms with Gasteiger partial charge in [0.15, 0.2) is 0 Å². The number of carbonyl (C=O) groups is 2. The third kappa shape index (κ3) is 4.84. The second-order valence-corrected chi connectivity index (χ2v) is 8.65. The van der Waals surface area contributed by atoms with Gasteiger partial charge in [-0.05, 0) is 43.4 Å². The molecule has 1 aliphatic carbocycles. The summed E-state index contributed by atoms with van der Waals surface area (Å²) in [5.74, 6) is 0.283. The average Bonchev–Trinajstić information content (AvgIpc) is 3.13. The highest BCUT2D eigenvalue weighted by Gasteiger charge is 2.45. The summed E-state index contributed by atoms with van der Waals surface area (Å²) in [6.07, 6.45) is 7.72. The molecule has 1 aromatic rings. The van der Waals surface area contributed by atoms with E-state index in [1.54, 1.807) is 28.8 Å². The number of nitrogens with one attached hydrogen (secondary N) is 1. The second-order valence-electron chi connectivity index (χ2n) is 7.51. The standard InChI is InChI=1S/C21H29FN2O2S/c1-2-3-12-23-19(25)18-14-27-21(15-8-5-4-6-9-15)24(18)20(26)16-10-7-11-17(22)13-16/h7,10-11,13,15,18,21H,2-6,8-9,12,14H2,1H3,(H,23,25)/t18-,21+/m0/s1. The van der Waals surface area contributed by atoms with Gasteiger partial charge < -0.3 is 10.2 Å². The number of carbonyl (C=O) groups excluding carboxylic acids is 2. The Balaban J connectivity index is 1.82. The van der Waals surface area contributed by atoms with Crippen LogP contribution in [0, 0.1) is 11.7 Å². The normalized spacial score (nSPS) is 23.4. The zero-order valence-electron chi connectivity index (χ0n) is 16.0. The third-order valence-electron chi connectivity index (χ3n) is 5.53. The number of thioether (sulfide) groups is 1. The molecule has 2 fully saturated rings. The van der Waals surface area contributed by atoms with E-state index >= 15 is 0 Å². The molecule has 0 spiro atoms. The predicted octanol–water partition coefficient (Wildman–Crippen LogP) is 4.21. The van der Waals surface area contributed by atoms with E-state index in [2.05, 4.69) is 12.2 Å². The number of unbranched alkanes of at least 4 members (excludes halogenated alkanes) is 1. The summed E-state index contributed by atoms with van der Waals surface area (Å²) in [4.78, 5) is 27.8. The predicted molar refractivity (Wildman–Crippen MR) is 107 cm³/mol. The molecule has 1 aliphatic heterocycles. The monoisotopic (exact) mass is 392 g/mol. The van der Waals surface area contributed by atoms with E-state index in [9.17, 15) is 14.0 Å². The Morgan fingerprint density at radius 1 is 1.26 bits per heavy atom. The highest BCUT2D eigenvalue weighted by molar-refractivity contribution is 8.00.